The normalized spacial score (nSPS) is 24.4. The Kier molecular flexibility index (Phi) is 7.76. The number of hydrogen-bond acceptors (Lipinski definition) is 8. The Morgan fingerprint density at radius 2 is 1.81 bits per heavy atom. The summed E-state index contributed by atoms with van der Waals surface area (Å²) in [6.07, 6.45) is 1.56. The Morgan fingerprint density at radius 3 is 2.51 bits per heavy atom. The third-order valence-electron chi connectivity index (χ3n) is 7.17. The van der Waals surface area contributed by atoms with E-state index >= 15 is 0 Å². The smallest absolute Gasteiger partial charge is 0.414 e. The predicted molar refractivity (Wildman–Crippen MR) is 138 cm³/mol. The van der Waals surface area contributed by atoms with Crippen LogP contribution in [-0.2, 0) is 25.6 Å². The van der Waals surface area contributed by atoms with Crippen LogP contribution in [0.2, 0.25) is 0 Å². The Labute approximate surface area is 219 Å². The Bertz CT molecular complexity index is 1150. The predicted octanol–water partition coefficient (Wildman–Crippen LogP) is 3.14. The maximum Gasteiger partial charge on any atom is 0.414 e. The molecule has 0 saturated carbocycles. The van der Waals surface area contributed by atoms with Gasteiger partial charge in [0.1, 0.15) is 6.10 Å². The number of ether oxygens (including phenoxy) is 2. The average molecular weight is 524 g/mol. The van der Waals surface area contributed by atoms with Crippen LogP contribution < -0.4 is 4.90 Å². The van der Waals surface area contributed by atoms with E-state index in [4.69, 9.17) is 4.74 Å². The second-order valence-corrected chi connectivity index (χ2v) is 10.6. The molecule has 4 fully saturated rings. The van der Waals surface area contributed by atoms with E-state index in [1.165, 1.54) is 16.7 Å². The number of para-hydroxylation sites is 1. The third kappa shape index (κ3) is 5.65. The monoisotopic (exact) mass is 523 g/mol. The highest BCUT2D eigenvalue weighted by Crippen LogP contribution is 2.31. The minimum absolute atomic E-state index is 0.0809. The molecule has 4 saturated heterocycles. The van der Waals surface area contributed by atoms with Gasteiger partial charge in [-0.1, -0.05) is 30.3 Å². The van der Waals surface area contributed by atoms with Gasteiger partial charge in [-0.15, -0.1) is 11.8 Å². The van der Waals surface area contributed by atoms with E-state index < -0.39 is 17.4 Å². The first-order chi connectivity index (χ1) is 18.0. The van der Waals surface area contributed by atoms with E-state index in [-0.39, 0.29) is 25.0 Å². The molecule has 9 nitrogen and oxygen atoms in total. The highest BCUT2D eigenvalue weighted by Gasteiger charge is 2.38. The molecule has 37 heavy (non-hydrogen) atoms. The van der Waals surface area contributed by atoms with E-state index in [0.29, 0.717) is 29.5 Å². The number of hydrogen-bond donors (Lipinski definition) is 0. The van der Waals surface area contributed by atoms with Crippen LogP contribution >= 0.6 is 11.8 Å². The minimum atomic E-state index is -0.862. The molecule has 6 rings (SSSR count). The molecule has 2 aromatic carbocycles. The summed E-state index contributed by atoms with van der Waals surface area (Å²) in [5, 5.41) is -0.862. The van der Waals surface area contributed by atoms with Gasteiger partial charge in [-0.3, -0.25) is 19.4 Å². The van der Waals surface area contributed by atoms with Gasteiger partial charge in [0.2, 0.25) is 0 Å². The maximum absolute atomic E-state index is 13.4. The summed E-state index contributed by atoms with van der Waals surface area (Å²) in [6.45, 7) is 3.56. The zero-order chi connectivity index (χ0) is 25.8. The lowest BCUT2D eigenvalue weighted by atomic mass is 9.86. The summed E-state index contributed by atoms with van der Waals surface area (Å²) in [6, 6.07) is 16.4. The lowest BCUT2D eigenvalue weighted by Gasteiger charge is -2.44. The Morgan fingerprint density at radius 1 is 1.03 bits per heavy atom. The van der Waals surface area contributed by atoms with Crippen LogP contribution in [0.1, 0.15) is 28.8 Å². The Balaban J connectivity index is 1.33. The first kappa shape index (κ1) is 25.3. The number of anilines is 1. The van der Waals surface area contributed by atoms with Crippen LogP contribution in [0.25, 0.3) is 0 Å². The lowest BCUT2D eigenvalue weighted by molar-refractivity contribution is -0.152. The van der Waals surface area contributed by atoms with Gasteiger partial charge >= 0.3 is 18.5 Å². The van der Waals surface area contributed by atoms with Crippen LogP contribution in [0.4, 0.5) is 10.5 Å². The molecule has 2 amide bonds. The fourth-order valence-corrected chi connectivity index (χ4v) is 6.33. The summed E-state index contributed by atoms with van der Waals surface area (Å²) in [4.78, 5) is 54.7. The van der Waals surface area contributed by atoms with Crippen LogP contribution in [-0.4, -0.2) is 77.7 Å². The fraction of sp³-hybridized carbons (Fsp3) is 0.407. The zero-order valence-electron chi connectivity index (χ0n) is 20.4. The van der Waals surface area contributed by atoms with Gasteiger partial charge in [-0.25, -0.2) is 9.59 Å². The SMILES string of the molecule is O=COC(=O)[C@@H]1SCCN1C(=O)c1cccc(CN(C(=O)O[C@H]2CN3CCC2CC3)c2ccccc2)c1. The van der Waals surface area contributed by atoms with E-state index in [0.717, 1.165) is 38.0 Å². The van der Waals surface area contributed by atoms with Crippen molar-refractivity contribution in [3.05, 3.63) is 65.7 Å². The standard InChI is InChI=1S/C27H29N3O6S/c31-18-35-26(33)25-29(13-14-37-25)24(32)21-6-4-5-19(15-21)16-30(22-7-2-1-3-8-22)27(34)36-23-17-28-11-9-20(23)10-12-28/h1-8,15,18,20,23,25H,9-14,16-17H2/t23-,25-/m0/s1. The number of carbonyl (C=O) groups is 4. The summed E-state index contributed by atoms with van der Waals surface area (Å²) >= 11 is 1.26. The van der Waals surface area contributed by atoms with Crippen molar-refractivity contribution >= 4 is 41.9 Å². The molecule has 0 aliphatic carbocycles. The second kappa shape index (κ2) is 11.4. The van der Waals surface area contributed by atoms with Gasteiger partial charge in [-0.05, 0) is 61.7 Å². The van der Waals surface area contributed by atoms with E-state index in [2.05, 4.69) is 9.64 Å². The van der Waals surface area contributed by atoms with E-state index in [9.17, 15) is 19.2 Å². The van der Waals surface area contributed by atoms with Crippen LogP contribution in [0.5, 0.6) is 0 Å². The van der Waals surface area contributed by atoms with Crippen molar-refractivity contribution in [3.8, 4) is 0 Å². The molecule has 0 unspecified atom stereocenters. The van der Waals surface area contributed by atoms with Crippen molar-refractivity contribution in [2.24, 2.45) is 5.92 Å². The van der Waals surface area contributed by atoms with Crippen LogP contribution in [0.3, 0.4) is 0 Å². The summed E-state index contributed by atoms with van der Waals surface area (Å²) in [5.74, 6) is -0.129. The number of carbonyl (C=O) groups excluding carboxylic acids is 4. The Hall–Kier alpha value is -3.37. The summed E-state index contributed by atoms with van der Waals surface area (Å²) in [5.41, 5.74) is 1.85. The van der Waals surface area contributed by atoms with Gasteiger partial charge in [-0.2, -0.15) is 0 Å². The molecule has 0 radical (unpaired) electrons. The molecule has 0 N–H and O–H groups in total. The number of thioether (sulfide) groups is 1. The number of piperidine rings is 3. The number of fused-ring (bicyclic) bond motifs is 3. The largest absolute Gasteiger partial charge is 0.444 e. The van der Waals surface area contributed by atoms with E-state index in [1.54, 1.807) is 23.1 Å². The van der Waals surface area contributed by atoms with Crippen LogP contribution in [0.15, 0.2) is 54.6 Å². The third-order valence-corrected chi connectivity index (χ3v) is 8.35. The lowest BCUT2D eigenvalue weighted by Crippen LogP contribution is -2.53. The number of rotatable bonds is 7. The molecule has 10 heteroatoms. The quantitative estimate of drug-likeness (QED) is 0.310. The molecule has 4 aliphatic rings. The van der Waals surface area contributed by atoms with Crippen LogP contribution in [0, 0.1) is 5.92 Å². The molecular weight excluding hydrogens is 494 g/mol. The van der Waals surface area contributed by atoms with Gasteiger partial charge in [0.05, 0.1) is 6.54 Å². The fourth-order valence-electron chi connectivity index (χ4n) is 5.24. The summed E-state index contributed by atoms with van der Waals surface area (Å²) in [7, 11) is 0. The molecule has 2 bridgehead atoms. The molecule has 4 heterocycles. The van der Waals surface area contributed by atoms with Gasteiger partial charge in [0.15, 0.2) is 5.37 Å². The van der Waals surface area contributed by atoms with Crippen molar-refractivity contribution in [1.29, 1.82) is 0 Å². The molecule has 2 aromatic rings. The number of benzene rings is 2. The van der Waals surface area contributed by atoms with Crippen molar-refractivity contribution in [3.63, 3.8) is 0 Å². The topological polar surface area (TPSA) is 96.5 Å². The van der Waals surface area contributed by atoms with Crippen molar-refractivity contribution < 1.29 is 28.7 Å². The first-order valence-electron chi connectivity index (χ1n) is 12.4. The number of nitrogens with zero attached hydrogens (tertiary/aromatic N) is 3. The van der Waals surface area contributed by atoms with Crippen molar-refractivity contribution in [1.82, 2.24) is 9.80 Å². The molecule has 4 aliphatic heterocycles. The van der Waals surface area contributed by atoms with Gasteiger partial charge in [0, 0.05) is 30.1 Å². The zero-order valence-corrected chi connectivity index (χ0v) is 21.2. The molecule has 0 spiro atoms. The molecule has 194 valence electrons. The van der Waals surface area contributed by atoms with E-state index in [1.807, 2.05) is 36.4 Å². The molecule has 0 aromatic heterocycles. The molecule has 2 atom stereocenters. The van der Waals surface area contributed by atoms with Crippen molar-refractivity contribution in [2.75, 3.05) is 36.8 Å². The minimum Gasteiger partial charge on any atom is -0.444 e. The first-order valence-corrected chi connectivity index (χ1v) is 13.5. The summed E-state index contributed by atoms with van der Waals surface area (Å²) < 4.78 is 10.5. The van der Waals surface area contributed by atoms with Crippen molar-refractivity contribution in [2.45, 2.75) is 30.9 Å². The molecular formula is C27H29N3O6S. The van der Waals surface area contributed by atoms with Gasteiger partial charge < -0.3 is 14.4 Å². The highest BCUT2D eigenvalue weighted by molar-refractivity contribution is 8.00. The number of esters is 1. The second-order valence-electron chi connectivity index (χ2n) is 9.44. The maximum atomic E-state index is 13.4. The number of amides is 2. The van der Waals surface area contributed by atoms with Gasteiger partial charge in [0.25, 0.3) is 5.91 Å². The average Bonchev–Trinajstić information content (AvgIpc) is 3.43. The highest BCUT2D eigenvalue weighted by atomic mass is 32.2.